The second kappa shape index (κ2) is 10.7. The van der Waals surface area contributed by atoms with E-state index in [0.29, 0.717) is 26.4 Å². The van der Waals surface area contributed by atoms with Crippen LogP contribution in [0.15, 0.2) is 0 Å². The average Bonchev–Trinajstić information content (AvgIpc) is 2.29. The number of likely N-dealkylation sites (N-methyl/N-ethyl adjacent to an activating group) is 1. The van der Waals surface area contributed by atoms with E-state index < -0.39 is 0 Å². The number of alkyl carbamates (subject to hydrolysis) is 1. The van der Waals surface area contributed by atoms with Crippen LogP contribution in [0.5, 0.6) is 0 Å². The van der Waals surface area contributed by atoms with Crippen LogP contribution in [0.1, 0.15) is 20.8 Å². The highest BCUT2D eigenvalue weighted by atomic mass is 16.5. The molecule has 0 rings (SSSR count). The van der Waals surface area contributed by atoms with Crippen LogP contribution in [-0.2, 0) is 9.47 Å². The van der Waals surface area contributed by atoms with E-state index in [2.05, 4.69) is 24.1 Å². The smallest absolute Gasteiger partial charge is 0.407 e. The Labute approximate surface area is 98.1 Å². The fourth-order valence-electron chi connectivity index (χ4n) is 1.24. The molecule has 0 aromatic carbocycles. The van der Waals surface area contributed by atoms with Gasteiger partial charge in [0.2, 0.25) is 0 Å². The standard InChI is InChI=1S/C11H24N2O3/c1-4-13(5-2)8-10-15-9-7-12-11(14)16-6-3/h4-10H2,1-3H3,(H,12,14). The van der Waals surface area contributed by atoms with Crippen molar-refractivity contribution in [2.75, 3.05) is 46.0 Å². The van der Waals surface area contributed by atoms with Gasteiger partial charge in [0.05, 0.1) is 19.8 Å². The lowest BCUT2D eigenvalue weighted by Gasteiger charge is -2.17. The van der Waals surface area contributed by atoms with Crippen LogP contribution >= 0.6 is 0 Å². The highest BCUT2D eigenvalue weighted by Gasteiger charge is 2.00. The molecule has 0 saturated carbocycles. The molecule has 0 aliphatic heterocycles. The molecule has 0 radical (unpaired) electrons. The first-order valence-electron chi connectivity index (χ1n) is 5.95. The molecule has 0 unspecified atom stereocenters. The van der Waals surface area contributed by atoms with Gasteiger partial charge in [0.1, 0.15) is 0 Å². The summed E-state index contributed by atoms with van der Waals surface area (Å²) in [4.78, 5) is 13.2. The third kappa shape index (κ3) is 8.49. The van der Waals surface area contributed by atoms with Crippen molar-refractivity contribution in [1.82, 2.24) is 10.2 Å². The number of nitrogens with zero attached hydrogens (tertiary/aromatic N) is 1. The van der Waals surface area contributed by atoms with E-state index >= 15 is 0 Å². The topological polar surface area (TPSA) is 50.8 Å². The third-order valence-corrected chi connectivity index (χ3v) is 2.24. The largest absolute Gasteiger partial charge is 0.450 e. The predicted octanol–water partition coefficient (Wildman–Crippen LogP) is 1.09. The van der Waals surface area contributed by atoms with Crippen molar-refractivity contribution in [2.45, 2.75) is 20.8 Å². The third-order valence-electron chi connectivity index (χ3n) is 2.24. The van der Waals surface area contributed by atoms with E-state index in [9.17, 15) is 4.79 Å². The zero-order chi connectivity index (χ0) is 12.2. The first kappa shape index (κ1) is 15.2. The SMILES string of the molecule is CCOC(=O)NCCOCCN(CC)CC. The highest BCUT2D eigenvalue weighted by Crippen LogP contribution is 1.86. The predicted molar refractivity (Wildman–Crippen MR) is 63.6 cm³/mol. The average molecular weight is 232 g/mol. The maximum absolute atomic E-state index is 10.9. The van der Waals surface area contributed by atoms with Gasteiger partial charge in [-0.25, -0.2) is 4.79 Å². The first-order chi connectivity index (χ1) is 7.74. The van der Waals surface area contributed by atoms with Gasteiger partial charge in [-0.1, -0.05) is 13.8 Å². The quantitative estimate of drug-likeness (QED) is 0.605. The molecule has 0 aliphatic carbocycles. The molecule has 16 heavy (non-hydrogen) atoms. The van der Waals surface area contributed by atoms with Crippen LogP contribution in [0.25, 0.3) is 0 Å². The fraction of sp³-hybridized carbons (Fsp3) is 0.909. The van der Waals surface area contributed by atoms with Crippen molar-refractivity contribution in [1.29, 1.82) is 0 Å². The lowest BCUT2D eigenvalue weighted by atomic mass is 10.5. The monoisotopic (exact) mass is 232 g/mol. The van der Waals surface area contributed by atoms with Gasteiger partial charge in [0.15, 0.2) is 0 Å². The summed E-state index contributed by atoms with van der Waals surface area (Å²) in [5, 5.41) is 2.60. The summed E-state index contributed by atoms with van der Waals surface area (Å²) in [6.07, 6.45) is -0.380. The molecule has 0 aliphatic rings. The van der Waals surface area contributed by atoms with Gasteiger partial charge in [-0.3, -0.25) is 0 Å². The van der Waals surface area contributed by atoms with Gasteiger partial charge in [-0.05, 0) is 20.0 Å². The minimum Gasteiger partial charge on any atom is -0.450 e. The number of carbonyl (C=O) groups is 1. The number of carbonyl (C=O) groups excluding carboxylic acids is 1. The van der Waals surface area contributed by atoms with Crippen molar-refractivity contribution in [2.24, 2.45) is 0 Å². The van der Waals surface area contributed by atoms with E-state index in [0.717, 1.165) is 19.6 Å². The van der Waals surface area contributed by atoms with E-state index in [4.69, 9.17) is 9.47 Å². The van der Waals surface area contributed by atoms with Crippen molar-refractivity contribution < 1.29 is 14.3 Å². The molecular formula is C11H24N2O3. The molecule has 0 aromatic rings. The second-order valence-electron chi connectivity index (χ2n) is 3.29. The van der Waals surface area contributed by atoms with Gasteiger partial charge in [-0.2, -0.15) is 0 Å². The summed E-state index contributed by atoms with van der Waals surface area (Å²) in [5.74, 6) is 0. The Kier molecular flexibility index (Phi) is 10.2. The van der Waals surface area contributed by atoms with Crippen molar-refractivity contribution in [3.63, 3.8) is 0 Å². The Morgan fingerprint density at radius 3 is 2.44 bits per heavy atom. The molecule has 0 heterocycles. The first-order valence-corrected chi connectivity index (χ1v) is 5.95. The molecule has 5 heteroatoms. The normalized spacial score (nSPS) is 10.5. The molecule has 0 aromatic heterocycles. The fourth-order valence-corrected chi connectivity index (χ4v) is 1.24. The Morgan fingerprint density at radius 2 is 1.88 bits per heavy atom. The zero-order valence-electron chi connectivity index (χ0n) is 10.6. The van der Waals surface area contributed by atoms with Gasteiger partial charge < -0.3 is 19.7 Å². The van der Waals surface area contributed by atoms with Gasteiger partial charge >= 0.3 is 6.09 Å². The van der Waals surface area contributed by atoms with E-state index in [1.807, 2.05) is 0 Å². The summed E-state index contributed by atoms with van der Waals surface area (Å²) in [6.45, 7) is 11.2. The molecule has 96 valence electrons. The number of rotatable bonds is 9. The van der Waals surface area contributed by atoms with Crippen LogP contribution in [0.4, 0.5) is 4.79 Å². The number of amides is 1. The highest BCUT2D eigenvalue weighted by molar-refractivity contribution is 5.66. The van der Waals surface area contributed by atoms with Crippen molar-refractivity contribution in [3.8, 4) is 0 Å². The molecule has 1 amide bonds. The Morgan fingerprint density at radius 1 is 1.19 bits per heavy atom. The Balaban J connectivity index is 3.24. The minimum atomic E-state index is -0.380. The van der Waals surface area contributed by atoms with Crippen molar-refractivity contribution in [3.05, 3.63) is 0 Å². The van der Waals surface area contributed by atoms with Crippen molar-refractivity contribution >= 4 is 6.09 Å². The van der Waals surface area contributed by atoms with E-state index in [1.165, 1.54) is 0 Å². The molecule has 0 bridgehead atoms. The molecule has 0 atom stereocenters. The van der Waals surface area contributed by atoms with E-state index in [-0.39, 0.29) is 6.09 Å². The molecule has 0 saturated heterocycles. The number of ether oxygens (including phenoxy) is 2. The lowest BCUT2D eigenvalue weighted by molar-refractivity contribution is 0.104. The van der Waals surface area contributed by atoms with Gasteiger partial charge in [0, 0.05) is 13.1 Å². The summed E-state index contributed by atoms with van der Waals surface area (Å²) in [6, 6.07) is 0. The number of hydrogen-bond acceptors (Lipinski definition) is 4. The molecule has 0 fully saturated rings. The molecule has 1 N–H and O–H groups in total. The minimum absolute atomic E-state index is 0.380. The molecular weight excluding hydrogens is 208 g/mol. The van der Waals surface area contributed by atoms with Gasteiger partial charge in [0.25, 0.3) is 0 Å². The summed E-state index contributed by atoms with van der Waals surface area (Å²) < 4.78 is 10.1. The van der Waals surface area contributed by atoms with Crippen LogP contribution in [0, 0.1) is 0 Å². The maximum Gasteiger partial charge on any atom is 0.407 e. The Bertz CT molecular complexity index is 173. The summed E-state index contributed by atoms with van der Waals surface area (Å²) in [5.41, 5.74) is 0. The van der Waals surface area contributed by atoms with Gasteiger partial charge in [-0.15, -0.1) is 0 Å². The number of hydrogen-bond donors (Lipinski definition) is 1. The van der Waals surface area contributed by atoms with Crippen LogP contribution in [0.3, 0.4) is 0 Å². The summed E-state index contributed by atoms with van der Waals surface area (Å²) in [7, 11) is 0. The Hall–Kier alpha value is -0.810. The van der Waals surface area contributed by atoms with Crippen LogP contribution in [-0.4, -0.2) is 57.0 Å². The van der Waals surface area contributed by atoms with Crippen LogP contribution < -0.4 is 5.32 Å². The second-order valence-corrected chi connectivity index (χ2v) is 3.29. The van der Waals surface area contributed by atoms with Crippen LogP contribution in [0.2, 0.25) is 0 Å². The maximum atomic E-state index is 10.9. The summed E-state index contributed by atoms with van der Waals surface area (Å²) >= 11 is 0. The van der Waals surface area contributed by atoms with E-state index in [1.54, 1.807) is 6.92 Å². The molecule has 5 nitrogen and oxygen atoms in total. The number of nitrogens with one attached hydrogen (secondary N) is 1. The lowest BCUT2D eigenvalue weighted by Crippen LogP contribution is -2.30. The molecule has 0 spiro atoms. The zero-order valence-corrected chi connectivity index (χ0v) is 10.6.